The number of carbonyl (C=O) groups is 2. The summed E-state index contributed by atoms with van der Waals surface area (Å²) in [6.07, 6.45) is -0.307. The van der Waals surface area contributed by atoms with Crippen LogP contribution in [0.2, 0.25) is 0 Å². The van der Waals surface area contributed by atoms with Crippen molar-refractivity contribution in [2.45, 2.75) is 46.1 Å². The van der Waals surface area contributed by atoms with E-state index in [-0.39, 0.29) is 18.9 Å². The van der Waals surface area contributed by atoms with Crippen molar-refractivity contribution >= 4 is 11.9 Å². The molecule has 0 bridgehead atoms. The van der Waals surface area contributed by atoms with Crippen LogP contribution in [0.15, 0.2) is 0 Å². The molecule has 0 heterocycles. The van der Waals surface area contributed by atoms with E-state index in [1.54, 1.807) is 20.8 Å². The molecule has 5 nitrogen and oxygen atoms in total. The second-order valence-electron chi connectivity index (χ2n) is 4.39. The predicted molar refractivity (Wildman–Crippen MR) is 56.4 cm³/mol. The van der Waals surface area contributed by atoms with Crippen LogP contribution in [0, 0.1) is 16.7 Å². The maximum atomic E-state index is 11.2. The Balaban J connectivity index is 3.97. The van der Waals surface area contributed by atoms with Crippen molar-refractivity contribution in [3.05, 3.63) is 0 Å². The Morgan fingerprint density at radius 3 is 2.44 bits per heavy atom. The fraction of sp³-hybridized carbons (Fsp3) is 0.727. The molecule has 0 fully saturated rings. The average Bonchev–Trinajstić information content (AvgIpc) is 2.13. The number of nitrogens with zero attached hydrogens (tertiary/aromatic N) is 1. The van der Waals surface area contributed by atoms with E-state index in [4.69, 9.17) is 15.1 Å². The van der Waals surface area contributed by atoms with E-state index < -0.39 is 17.4 Å². The average molecular weight is 227 g/mol. The van der Waals surface area contributed by atoms with Gasteiger partial charge in [0.2, 0.25) is 0 Å². The van der Waals surface area contributed by atoms with Gasteiger partial charge in [-0.3, -0.25) is 9.59 Å². The van der Waals surface area contributed by atoms with Crippen LogP contribution in [0.3, 0.4) is 0 Å². The van der Waals surface area contributed by atoms with E-state index in [9.17, 15) is 9.59 Å². The highest BCUT2D eigenvalue weighted by molar-refractivity contribution is 5.76. The SMILES string of the molecule is CC(CC(C)(C)C#N)OC(=O)CCC(=O)O. The van der Waals surface area contributed by atoms with Crippen LogP contribution < -0.4 is 0 Å². The van der Waals surface area contributed by atoms with Crippen molar-refractivity contribution in [3.63, 3.8) is 0 Å². The van der Waals surface area contributed by atoms with Gasteiger partial charge in [-0.05, 0) is 20.8 Å². The van der Waals surface area contributed by atoms with Crippen molar-refractivity contribution in [1.82, 2.24) is 0 Å². The van der Waals surface area contributed by atoms with Crippen molar-refractivity contribution < 1.29 is 19.4 Å². The molecule has 0 aromatic heterocycles. The molecule has 1 N–H and O–H groups in total. The topological polar surface area (TPSA) is 87.4 Å². The minimum Gasteiger partial charge on any atom is -0.481 e. The molecule has 0 saturated heterocycles. The number of ether oxygens (including phenoxy) is 1. The first-order valence-corrected chi connectivity index (χ1v) is 5.09. The first-order chi connectivity index (χ1) is 7.26. The van der Waals surface area contributed by atoms with Crippen molar-refractivity contribution in [1.29, 1.82) is 5.26 Å². The number of hydrogen-bond donors (Lipinski definition) is 1. The molecule has 0 rings (SSSR count). The van der Waals surface area contributed by atoms with Crippen LogP contribution in [0.5, 0.6) is 0 Å². The molecule has 0 amide bonds. The standard InChI is InChI=1S/C11H17NO4/c1-8(6-11(2,3)7-12)16-10(15)5-4-9(13)14/h8H,4-6H2,1-3H3,(H,13,14). The van der Waals surface area contributed by atoms with Gasteiger partial charge in [-0.25, -0.2) is 0 Å². The van der Waals surface area contributed by atoms with E-state index in [1.165, 1.54) is 0 Å². The zero-order chi connectivity index (χ0) is 12.8. The summed E-state index contributed by atoms with van der Waals surface area (Å²) in [6, 6.07) is 2.11. The monoisotopic (exact) mass is 227 g/mol. The highest BCUT2D eigenvalue weighted by Gasteiger charge is 2.22. The summed E-state index contributed by atoms with van der Waals surface area (Å²) >= 11 is 0. The number of nitriles is 1. The molecule has 0 aliphatic rings. The molecule has 1 atom stereocenters. The molecular weight excluding hydrogens is 210 g/mol. The van der Waals surface area contributed by atoms with E-state index in [0.717, 1.165) is 0 Å². The zero-order valence-corrected chi connectivity index (χ0v) is 9.82. The van der Waals surface area contributed by atoms with Crippen LogP contribution in [-0.2, 0) is 14.3 Å². The summed E-state index contributed by atoms with van der Waals surface area (Å²) < 4.78 is 4.99. The normalized spacial score (nSPS) is 12.6. The Kier molecular flexibility index (Phi) is 5.51. The molecule has 90 valence electrons. The van der Waals surface area contributed by atoms with E-state index in [1.807, 2.05) is 0 Å². The van der Waals surface area contributed by atoms with Gasteiger partial charge in [-0.1, -0.05) is 0 Å². The molecule has 0 saturated carbocycles. The van der Waals surface area contributed by atoms with Crippen LogP contribution in [0.25, 0.3) is 0 Å². The Morgan fingerprint density at radius 1 is 1.44 bits per heavy atom. The maximum absolute atomic E-state index is 11.2. The van der Waals surface area contributed by atoms with Gasteiger partial charge in [0.25, 0.3) is 0 Å². The summed E-state index contributed by atoms with van der Waals surface area (Å²) in [6.45, 7) is 5.21. The van der Waals surface area contributed by atoms with Gasteiger partial charge in [-0.2, -0.15) is 5.26 Å². The third-order valence-electron chi connectivity index (χ3n) is 1.98. The number of carboxylic acid groups (broad SMARTS) is 1. The fourth-order valence-electron chi connectivity index (χ4n) is 1.30. The van der Waals surface area contributed by atoms with Gasteiger partial charge in [0, 0.05) is 6.42 Å². The van der Waals surface area contributed by atoms with Crippen molar-refractivity contribution in [2.24, 2.45) is 5.41 Å². The Hall–Kier alpha value is -1.57. The van der Waals surface area contributed by atoms with Crippen molar-refractivity contribution in [3.8, 4) is 6.07 Å². The van der Waals surface area contributed by atoms with Gasteiger partial charge in [-0.15, -0.1) is 0 Å². The summed E-state index contributed by atoms with van der Waals surface area (Å²) in [5, 5.41) is 17.2. The lowest BCUT2D eigenvalue weighted by Gasteiger charge is -2.20. The molecule has 5 heteroatoms. The lowest BCUT2D eigenvalue weighted by Crippen LogP contribution is -2.22. The third kappa shape index (κ3) is 6.82. The van der Waals surface area contributed by atoms with Gasteiger partial charge >= 0.3 is 11.9 Å². The molecule has 0 aromatic rings. The summed E-state index contributed by atoms with van der Waals surface area (Å²) in [7, 11) is 0. The van der Waals surface area contributed by atoms with Gasteiger partial charge < -0.3 is 9.84 Å². The largest absolute Gasteiger partial charge is 0.481 e. The highest BCUT2D eigenvalue weighted by Crippen LogP contribution is 2.22. The second-order valence-corrected chi connectivity index (χ2v) is 4.39. The number of carboxylic acids is 1. The van der Waals surface area contributed by atoms with Crippen LogP contribution in [0.4, 0.5) is 0 Å². The van der Waals surface area contributed by atoms with E-state index in [2.05, 4.69) is 6.07 Å². The van der Waals surface area contributed by atoms with E-state index >= 15 is 0 Å². The quantitative estimate of drug-likeness (QED) is 0.698. The Morgan fingerprint density at radius 2 is 2.00 bits per heavy atom. The maximum Gasteiger partial charge on any atom is 0.306 e. The van der Waals surface area contributed by atoms with Gasteiger partial charge in [0.15, 0.2) is 0 Å². The van der Waals surface area contributed by atoms with E-state index in [0.29, 0.717) is 6.42 Å². The molecular formula is C11H17NO4. The smallest absolute Gasteiger partial charge is 0.306 e. The molecule has 0 aromatic carbocycles. The first-order valence-electron chi connectivity index (χ1n) is 5.09. The number of aliphatic carboxylic acids is 1. The summed E-state index contributed by atoms with van der Waals surface area (Å²) in [5.41, 5.74) is -0.549. The summed E-state index contributed by atoms with van der Waals surface area (Å²) in [4.78, 5) is 21.4. The fourth-order valence-corrected chi connectivity index (χ4v) is 1.30. The molecule has 0 radical (unpaired) electrons. The number of rotatable bonds is 6. The highest BCUT2D eigenvalue weighted by atomic mass is 16.5. The predicted octanol–water partition coefficient (Wildman–Crippen LogP) is 1.72. The zero-order valence-electron chi connectivity index (χ0n) is 9.82. The second kappa shape index (κ2) is 6.11. The first kappa shape index (κ1) is 14.4. The number of hydrogen-bond acceptors (Lipinski definition) is 4. The van der Waals surface area contributed by atoms with Gasteiger partial charge in [0.1, 0.15) is 6.10 Å². The van der Waals surface area contributed by atoms with Crippen LogP contribution in [0.1, 0.15) is 40.0 Å². The lowest BCUT2D eigenvalue weighted by molar-refractivity contribution is -0.152. The molecule has 16 heavy (non-hydrogen) atoms. The molecule has 0 aliphatic carbocycles. The third-order valence-corrected chi connectivity index (χ3v) is 1.98. The Bertz CT molecular complexity index is 304. The number of carbonyl (C=O) groups excluding carboxylic acids is 1. The van der Waals surface area contributed by atoms with Gasteiger partial charge in [0.05, 0.1) is 24.3 Å². The van der Waals surface area contributed by atoms with Crippen LogP contribution >= 0.6 is 0 Å². The molecule has 0 spiro atoms. The lowest BCUT2D eigenvalue weighted by atomic mass is 9.89. The minimum absolute atomic E-state index is 0.132. The minimum atomic E-state index is -1.03. The summed E-state index contributed by atoms with van der Waals surface area (Å²) in [5.74, 6) is -1.56. The molecule has 0 aliphatic heterocycles. The molecule has 1 unspecified atom stereocenters. The van der Waals surface area contributed by atoms with Crippen molar-refractivity contribution in [2.75, 3.05) is 0 Å². The Labute approximate surface area is 95.0 Å². The van der Waals surface area contributed by atoms with Crippen LogP contribution in [-0.4, -0.2) is 23.1 Å². The number of esters is 1.